The van der Waals surface area contributed by atoms with Crippen LogP contribution in [0.15, 0.2) is 60.0 Å². The highest BCUT2D eigenvalue weighted by Crippen LogP contribution is 2.41. The molecule has 0 radical (unpaired) electrons. The van der Waals surface area contributed by atoms with E-state index in [1.807, 2.05) is 17.5 Å². The lowest BCUT2D eigenvalue weighted by molar-refractivity contribution is -0.140. The summed E-state index contributed by atoms with van der Waals surface area (Å²) in [7, 11) is 0. The van der Waals surface area contributed by atoms with Crippen LogP contribution in [0, 0.1) is 0 Å². The van der Waals surface area contributed by atoms with Crippen molar-refractivity contribution in [2.24, 2.45) is 0 Å². The van der Waals surface area contributed by atoms with Crippen LogP contribution in [-0.4, -0.2) is 59.4 Å². The normalized spacial score (nSPS) is 18.0. The van der Waals surface area contributed by atoms with Gasteiger partial charge in [-0.1, -0.05) is 32.6 Å². The number of ketones is 1. The van der Waals surface area contributed by atoms with Gasteiger partial charge in [-0.15, -0.1) is 11.3 Å². The molecular weight excluding hydrogens is 412 g/mol. The number of aliphatic hydroxyl groups is 1. The summed E-state index contributed by atoms with van der Waals surface area (Å²) in [6.07, 6.45) is 1.65. The number of nitrogens with zero attached hydrogens (tertiary/aromatic N) is 2. The maximum Gasteiger partial charge on any atom is 0.295 e. The summed E-state index contributed by atoms with van der Waals surface area (Å²) in [6.45, 7) is 10.9. The first-order valence-corrected chi connectivity index (χ1v) is 11.3. The van der Waals surface area contributed by atoms with Crippen molar-refractivity contribution < 1.29 is 19.4 Å². The van der Waals surface area contributed by atoms with E-state index in [1.54, 1.807) is 35.2 Å². The van der Waals surface area contributed by atoms with E-state index in [1.165, 1.54) is 11.3 Å². The van der Waals surface area contributed by atoms with Gasteiger partial charge < -0.3 is 19.6 Å². The number of rotatable bonds is 10. The van der Waals surface area contributed by atoms with E-state index in [0.29, 0.717) is 31.0 Å². The van der Waals surface area contributed by atoms with E-state index < -0.39 is 17.7 Å². The SMILES string of the molecule is C=CCOc1ccc(C(O)=C2C(=O)C(=O)N(CCN(CC)CC)C2c2cccs2)cc1. The van der Waals surface area contributed by atoms with E-state index >= 15 is 0 Å². The number of thiophene rings is 1. The molecule has 0 spiro atoms. The number of amides is 1. The molecule has 2 aromatic rings. The number of likely N-dealkylation sites (tertiary alicyclic amines) is 1. The molecule has 3 rings (SSSR count). The Hall–Kier alpha value is -2.90. The molecule has 1 aliphatic heterocycles. The number of hydrogen-bond acceptors (Lipinski definition) is 6. The zero-order valence-electron chi connectivity index (χ0n) is 17.9. The van der Waals surface area contributed by atoms with Crippen LogP contribution in [-0.2, 0) is 9.59 Å². The lowest BCUT2D eigenvalue weighted by atomic mass is 10.00. The predicted octanol–water partition coefficient (Wildman–Crippen LogP) is 4.08. The second-order valence-electron chi connectivity index (χ2n) is 7.16. The summed E-state index contributed by atoms with van der Waals surface area (Å²) in [4.78, 5) is 30.5. The molecule has 7 heteroatoms. The van der Waals surface area contributed by atoms with E-state index in [4.69, 9.17) is 4.74 Å². The number of likely N-dealkylation sites (N-methyl/N-ethyl adjacent to an activating group) is 1. The molecule has 1 aromatic heterocycles. The molecule has 31 heavy (non-hydrogen) atoms. The highest BCUT2D eigenvalue weighted by molar-refractivity contribution is 7.10. The average Bonchev–Trinajstić information content (AvgIpc) is 3.40. The summed E-state index contributed by atoms with van der Waals surface area (Å²) in [5, 5.41) is 13.0. The van der Waals surface area contributed by atoms with Crippen LogP contribution >= 0.6 is 11.3 Å². The Balaban J connectivity index is 1.97. The zero-order chi connectivity index (χ0) is 22.4. The second kappa shape index (κ2) is 10.4. The summed E-state index contributed by atoms with van der Waals surface area (Å²) in [5.41, 5.74) is 0.598. The molecule has 1 amide bonds. The number of aliphatic hydroxyl groups excluding tert-OH is 1. The van der Waals surface area contributed by atoms with Gasteiger partial charge in [-0.2, -0.15) is 0 Å². The summed E-state index contributed by atoms with van der Waals surface area (Å²) < 4.78 is 5.48. The van der Waals surface area contributed by atoms with Gasteiger partial charge in [-0.05, 0) is 48.8 Å². The Bertz CT molecular complexity index is 946. The minimum atomic E-state index is -0.651. The number of carbonyl (C=O) groups is 2. The van der Waals surface area contributed by atoms with Crippen molar-refractivity contribution in [3.63, 3.8) is 0 Å². The van der Waals surface area contributed by atoms with Gasteiger partial charge in [0, 0.05) is 23.5 Å². The van der Waals surface area contributed by atoms with E-state index in [0.717, 1.165) is 18.0 Å². The highest BCUT2D eigenvalue weighted by atomic mass is 32.1. The molecule has 0 bridgehead atoms. The van der Waals surface area contributed by atoms with Crippen LogP contribution in [0.5, 0.6) is 5.75 Å². The van der Waals surface area contributed by atoms with Gasteiger partial charge >= 0.3 is 0 Å². The Morgan fingerprint density at radius 3 is 2.52 bits per heavy atom. The topological polar surface area (TPSA) is 70.1 Å². The van der Waals surface area contributed by atoms with Crippen molar-refractivity contribution in [2.75, 3.05) is 32.8 Å². The van der Waals surface area contributed by atoms with E-state index in [9.17, 15) is 14.7 Å². The van der Waals surface area contributed by atoms with Crippen LogP contribution in [0.3, 0.4) is 0 Å². The van der Waals surface area contributed by atoms with Crippen LogP contribution in [0.1, 0.15) is 30.3 Å². The number of ether oxygens (including phenoxy) is 1. The number of hydrogen-bond donors (Lipinski definition) is 1. The molecule has 164 valence electrons. The van der Waals surface area contributed by atoms with Crippen LogP contribution in [0.25, 0.3) is 5.76 Å². The molecule has 6 nitrogen and oxygen atoms in total. The van der Waals surface area contributed by atoms with E-state index in [2.05, 4.69) is 25.3 Å². The third-order valence-corrected chi connectivity index (χ3v) is 6.32. The lowest BCUT2D eigenvalue weighted by Crippen LogP contribution is -2.37. The third-order valence-electron chi connectivity index (χ3n) is 5.40. The van der Waals surface area contributed by atoms with Gasteiger partial charge in [0.1, 0.15) is 18.1 Å². The lowest BCUT2D eigenvalue weighted by Gasteiger charge is -2.27. The Morgan fingerprint density at radius 1 is 1.23 bits per heavy atom. The molecule has 1 unspecified atom stereocenters. The quantitative estimate of drug-likeness (QED) is 0.261. The second-order valence-corrected chi connectivity index (χ2v) is 8.14. The zero-order valence-corrected chi connectivity index (χ0v) is 18.7. The fraction of sp³-hybridized carbons (Fsp3) is 0.333. The Kier molecular flexibility index (Phi) is 7.65. The van der Waals surface area contributed by atoms with Crippen LogP contribution in [0.4, 0.5) is 0 Å². The first-order valence-electron chi connectivity index (χ1n) is 10.4. The third kappa shape index (κ3) is 4.89. The smallest absolute Gasteiger partial charge is 0.295 e. The fourth-order valence-electron chi connectivity index (χ4n) is 3.66. The standard InChI is InChI=1S/C24H28N2O4S/c1-4-15-30-18-11-9-17(10-12-18)22(27)20-21(19-8-7-16-31-19)26(24(29)23(20)28)14-13-25(5-2)6-3/h4,7-12,16,21,27H,1,5-6,13-15H2,2-3H3. The molecule has 1 aliphatic rings. The van der Waals surface area contributed by atoms with Gasteiger partial charge in [0.15, 0.2) is 0 Å². The molecule has 0 aliphatic carbocycles. The molecule has 1 fully saturated rings. The van der Waals surface area contributed by atoms with Crippen molar-refractivity contribution in [3.8, 4) is 5.75 Å². The first kappa shape index (κ1) is 22.8. The molecular formula is C24H28N2O4S. The van der Waals surface area contributed by atoms with Crippen molar-refractivity contribution in [1.82, 2.24) is 9.80 Å². The van der Waals surface area contributed by atoms with Gasteiger partial charge in [-0.3, -0.25) is 9.59 Å². The predicted molar refractivity (Wildman–Crippen MR) is 123 cm³/mol. The molecule has 1 saturated heterocycles. The summed E-state index contributed by atoms with van der Waals surface area (Å²) >= 11 is 1.47. The number of Topliss-reactive ketones (excluding diaryl/α,β-unsaturated/α-hetero) is 1. The summed E-state index contributed by atoms with van der Waals surface area (Å²) in [6, 6.07) is 9.99. The van der Waals surface area contributed by atoms with Crippen molar-refractivity contribution in [1.29, 1.82) is 0 Å². The Morgan fingerprint density at radius 2 is 1.94 bits per heavy atom. The molecule has 1 atom stereocenters. The van der Waals surface area contributed by atoms with Crippen molar-refractivity contribution in [3.05, 3.63) is 70.4 Å². The van der Waals surface area contributed by atoms with Crippen LogP contribution < -0.4 is 4.74 Å². The van der Waals surface area contributed by atoms with Gasteiger partial charge in [0.05, 0.1) is 11.6 Å². The highest BCUT2D eigenvalue weighted by Gasteiger charge is 2.46. The fourth-order valence-corrected chi connectivity index (χ4v) is 4.51. The monoisotopic (exact) mass is 440 g/mol. The number of carbonyl (C=O) groups excluding carboxylic acids is 2. The Labute approximate surface area is 187 Å². The molecule has 1 aromatic carbocycles. The van der Waals surface area contributed by atoms with Crippen molar-refractivity contribution >= 4 is 28.8 Å². The molecule has 2 heterocycles. The maximum atomic E-state index is 13.0. The largest absolute Gasteiger partial charge is 0.507 e. The van der Waals surface area contributed by atoms with Crippen LogP contribution in [0.2, 0.25) is 0 Å². The first-order chi connectivity index (χ1) is 15.0. The van der Waals surface area contributed by atoms with Gasteiger partial charge in [0.2, 0.25) is 0 Å². The van der Waals surface area contributed by atoms with Gasteiger partial charge in [0.25, 0.3) is 11.7 Å². The molecule has 1 N–H and O–H groups in total. The minimum Gasteiger partial charge on any atom is -0.507 e. The van der Waals surface area contributed by atoms with Gasteiger partial charge in [-0.25, -0.2) is 0 Å². The van der Waals surface area contributed by atoms with E-state index in [-0.39, 0.29) is 11.3 Å². The maximum absolute atomic E-state index is 13.0. The summed E-state index contributed by atoms with van der Waals surface area (Å²) in [5.74, 6) is -0.760. The minimum absolute atomic E-state index is 0.131. The number of benzene rings is 1. The average molecular weight is 441 g/mol. The molecule has 0 saturated carbocycles. The van der Waals surface area contributed by atoms with Crippen molar-refractivity contribution in [2.45, 2.75) is 19.9 Å².